The molecule has 4 atom stereocenters. The predicted octanol–water partition coefficient (Wildman–Crippen LogP) is 3.80. The molecule has 3 aliphatic carbocycles. The summed E-state index contributed by atoms with van der Waals surface area (Å²) >= 11 is 0. The molecular formula is C25H27FN8O. The molecule has 180 valence electrons. The van der Waals surface area contributed by atoms with E-state index in [4.69, 9.17) is 5.26 Å². The van der Waals surface area contributed by atoms with Crippen LogP contribution < -0.4 is 4.90 Å². The maximum Gasteiger partial charge on any atom is 0.231 e. The number of nitrogens with zero attached hydrogens (tertiary/aromatic N) is 8. The van der Waals surface area contributed by atoms with Crippen LogP contribution >= 0.6 is 0 Å². The van der Waals surface area contributed by atoms with Crippen molar-refractivity contribution >= 4 is 5.82 Å². The number of benzene rings is 1. The topological polar surface area (TPSA) is 117 Å². The Balaban J connectivity index is 1.26. The molecule has 1 aromatic carbocycles. The van der Waals surface area contributed by atoms with Crippen molar-refractivity contribution in [2.75, 3.05) is 4.90 Å². The van der Waals surface area contributed by atoms with Crippen LogP contribution in [0.4, 0.5) is 10.2 Å². The zero-order chi connectivity index (χ0) is 24.1. The van der Waals surface area contributed by atoms with Gasteiger partial charge in [-0.1, -0.05) is 18.9 Å². The van der Waals surface area contributed by atoms with Crippen LogP contribution in [0.1, 0.15) is 50.8 Å². The molecule has 0 aliphatic heterocycles. The second kappa shape index (κ2) is 8.56. The number of fused-ring (bicyclic) bond motifs is 2. The number of nitriles is 1. The first kappa shape index (κ1) is 21.9. The lowest BCUT2D eigenvalue weighted by Crippen LogP contribution is -2.52. The van der Waals surface area contributed by atoms with Gasteiger partial charge < -0.3 is 10.0 Å². The number of hydrogen-bond donors (Lipinski definition) is 1. The minimum atomic E-state index is -0.841. The van der Waals surface area contributed by atoms with Gasteiger partial charge in [0.15, 0.2) is 17.5 Å². The molecule has 3 aromatic rings. The molecule has 1 N–H and O–H groups in total. The number of alkyl halides is 1. The van der Waals surface area contributed by atoms with Crippen molar-refractivity contribution in [1.82, 2.24) is 29.9 Å². The lowest BCUT2D eigenvalue weighted by atomic mass is 9.69. The molecule has 0 saturated heterocycles. The third kappa shape index (κ3) is 3.99. The highest BCUT2D eigenvalue weighted by atomic mass is 19.1. The zero-order valence-electron chi connectivity index (χ0n) is 19.5. The summed E-state index contributed by atoms with van der Waals surface area (Å²) in [6, 6.07) is 7.06. The molecule has 0 unspecified atom stereocenters. The SMILES string of the molecule is Cn1nc(-c2ccc(-c3ncc(N(C4CC4)[C@H]4C[C@@H]5CCC[C@@H](C5)[C@H]4F)nn3)c(O)c2)nc1C#N. The van der Waals surface area contributed by atoms with Crippen LogP contribution in [-0.2, 0) is 7.05 Å². The van der Waals surface area contributed by atoms with Crippen molar-refractivity contribution in [3.05, 3.63) is 30.2 Å². The van der Waals surface area contributed by atoms with E-state index in [-0.39, 0.29) is 29.4 Å². The Hall–Kier alpha value is -3.61. The lowest BCUT2D eigenvalue weighted by molar-refractivity contribution is 0.0631. The highest BCUT2D eigenvalue weighted by Gasteiger charge is 2.46. The van der Waals surface area contributed by atoms with Gasteiger partial charge in [-0.15, -0.1) is 10.2 Å². The molecule has 2 heterocycles. The molecule has 6 rings (SSSR count). The Bertz CT molecular complexity index is 1280. The van der Waals surface area contributed by atoms with Crippen LogP contribution in [0.3, 0.4) is 0 Å². The fraction of sp³-hybridized carbons (Fsp3) is 0.520. The standard InChI is InChI=1S/C25H27FN8O/c1-33-21(12-27)29-24(32-33)16-5-8-18(20(35)11-16)25-28-13-22(30-31-25)34(17-6-7-17)19-10-14-3-2-4-15(9-14)23(19)26/h5,8,11,13-15,17,19,23,35H,2-4,6-7,9-10H2,1H3/t14-,15+,19+,23-/m1/s1. The number of aromatic nitrogens is 6. The van der Waals surface area contributed by atoms with E-state index in [1.807, 2.05) is 6.07 Å². The Morgan fingerprint density at radius 1 is 1.14 bits per heavy atom. The summed E-state index contributed by atoms with van der Waals surface area (Å²) in [6.07, 6.45) is 8.10. The zero-order valence-corrected chi connectivity index (χ0v) is 19.5. The summed E-state index contributed by atoms with van der Waals surface area (Å²) in [5, 5.41) is 32.7. The Morgan fingerprint density at radius 3 is 2.69 bits per heavy atom. The fourth-order valence-corrected chi connectivity index (χ4v) is 5.84. The van der Waals surface area contributed by atoms with E-state index in [9.17, 15) is 5.11 Å². The fourth-order valence-electron chi connectivity index (χ4n) is 5.84. The summed E-state index contributed by atoms with van der Waals surface area (Å²) < 4.78 is 16.9. The molecule has 0 amide bonds. The lowest BCUT2D eigenvalue weighted by Gasteiger charge is -2.46. The molecule has 10 heteroatoms. The van der Waals surface area contributed by atoms with Crippen molar-refractivity contribution in [1.29, 1.82) is 5.26 Å². The van der Waals surface area contributed by atoms with Gasteiger partial charge >= 0.3 is 0 Å². The van der Waals surface area contributed by atoms with Crippen LogP contribution in [0.15, 0.2) is 24.4 Å². The van der Waals surface area contributed by atoms with E-state index < -0.39 is 6.17 Å². The van der Waals surface area contributed by atoms with Crippen molar-refractivity contribution in [2.24, 2.45) is 18.9 Å². The number of hydrogen-bond acceptors (Lipinski definition) is 8. The molecule has 0 radical (unpaired) electrons. The Morgan fingerprint density at radius 2 is 2.00 bits per heavy atom. The van der Waals surface area contributed by atoms with Gasteiger partial charge in [-0.25, -0.2) is 14.1 Å². The van der Waals surface area contributed by atoms with E-state index in [1.165, 1.54) is 17.2 Å². The van der Waals surface area contributed by atoms with Gasteiger partial charge in [0.1, 0.15) is 18.0 Å². The van der Waals surface area contributed by atoms with E-state index >= 15 is 4.39 Å². The Labute approximate surface area is 202 Å². The third-order valence-corrected chi connectivity index (χ3v) is 7.69. The van der Waals surface area contributed by atoms with Gasteiger partial charge in [0.05, 0.1) is 17.8 Å². The summed E-state index contributed by atoms with van der Waals surface area (Å²) in [5.41, 5.74) is 1.00. The molecule has 35 heavy (non-hydrogen) atoms. The highest BCUT2D eigenvalue weighted by molar-refractivity contribution is 5.70. The van der Waals surface area contributed by atoms with Crippen LogP contribution in [-0.4, -0.2) is 53.3 Å². The second-order valence-corrected chi connectivity index (χ2v) is 10.0. The van der Waals surface area contributed by atoms with Gasteiger partial charge in [0.2, 0.25) is 5.82 Å². The number of rotatable bonds is 5. The number of phenols is 1. The normalized spacial score (nSPS) is 25.7. The third-order valence-electron chi connectivity index (χ3n) is 7.69. The van der Waals surface area contributed by atoms with Crippen LogP contribution in [0.25, 0.3) is 22.8 Å². The van der Waals surface area contributed by atoms with Gasteiger partial charge in [0, 0.05) is 18.7 Å². The molecule has 0 spiro atoms. The molecule has 3 fully saturated rings. The highest BCUT2D eigenvalue weighted by Crippen LogP contribution is 2.46. The minimum Gasteiger partial charge on any atom is -0.507 e. The smallest absolute Gasteiger partial charge is 0.231 e. The van der Waals surface area contributed by atoms with E-state index in [0.29, 0.717) is 34.7 Å². The van der Waals surface area contributed by atoms with Crippen molar-refractivity contribution in [3.63, 3.8) is 0 Å². The first-order valence-corrected chi connectivity index (χ1v) is 12.3. The van der Waals surface area contributed by atoms with Crippen LogP contribution in [0.2, 0.25) is 0 Å². The maximum atomic E-state index is 15.5. The number of aryl methyl sites for hydroxylation is 1. The van der Waals surface area contributed by atoms with Gasteiger partial charge in [0.25, 0.3) is 0 Å². The average Bonchev–Trinajstić information content (AvgIpc) is 3.63. The number of aromatic hydroxyl groups is 1. The average molecular weight is 475 g/mol. The van der Waals surface area contributed by atoms with Crippen molar-refractivity contribution in [3.8, 4) is 34.6 Å². The summed E-state index contributed by atoms with van der Waals surface area (Å²) in [5.74, 6) is 2.15. The molecule has 2 bridgehead atoms. The largest absolute Gasteiger partial charge is 0.507 e. The van der Waals surface area contributed by atoms with Gasteiger partial charge in [-0.05, 0) is 56.1 Å². The number of phenolic OH excluding ortho intramolecular Hbond substituents is 1. The Kier molecular flexibility index (Phi) is 5.35. The van der Waals surface area contributed by atoms with Crippen LogP contribution in [0, 0.1) is 23.2 Å². The quantitative estimate of drug-likeness (QED) is 0.594. The van der Waals surface area contributed by atoms with Gasteiger partial charge in [-0.3, -0.25) is 0 Å². The number of halogens is 1. The molecule has 3 aliphatic rings. The first-order valence-electron chi connectivity index (χ1n) is 12.3. The summed E-state index contributed by atoms with van der Waals surface area (Å²) in [4.78, 5) is 10.8. The number of anilines is 1. The van der Waals surface area contributed by atoms with E-state index in [2.05, 4.69) is 30.2 Å². The maximum absolute atomic E-state index is 15.5. The van der Waals surface area contributed by atoms with Gasteiger partial charge in [-0.2, -0.15) is 15.3 Å². The minimum absolute atomic E-state index is 0.0361. The molecule has 2 aromatic heterocycles. The second-order valence-electron chi connectivity index (χ2n) is 10.0. The molecular weight excluding hydrogens is 447 g/mol. The van der Waals surface area contributed by atoms with Crippen molar-refractivity contribution < 1.29 is 9.50 Å². The summed E-state index contributed by atoms with van der Waals surface area (Å²) in [7, 11) is 1.64. The van der Waals surface area contributed by atoms with E-state index in [0.717, 1.165) is 38.5 Å². The first-order chi connectivity index (χ1) is 17.0. The monoisotopic (exact) mass is 474 g/mol. The molecule has 9 nitrogen and oxygen atoms in total. The summed E-state index contributed by atoms with van der Waals surface area (Å²) in [6.45, 7) is 0. The van der Waals surface area contributed by atoms with Crippen molar-refractivity contribution in [2.45, 2.75) is 63.2 Å². The van der Waals surface area contributed by atoms with E-state index in [1.54, 1.807) is 25.4 Å². The predicted molar refractivity (Wildman–Crippen MR) is 126 cm³/mol. The van der Waals surface area contributed by atoms with Crippen LogP contribution in [0.5, 0.6) is 5.75 Å². The molecule has 3 saturated carbocycles.